The van der Waals surface area contributed by atoms with E-state index in [2.05, 4.69) is 41.9 Å². The first-order valence-corrected chi connectivity index (χ1v) is 10.4. The van der Waals surface area contributed by atoms with Crippen molar-refractivity contribution in [3.63, 3.8) is 0 Å². The number of aliphatic imine (C=N–C) groups is 2. The Kier molecular flexibility index (Phi) is 6.89. The largest absolute Gasteiger partial charge is 0.261 e. The highest BCUT2D eigenvalue weighted by Crippen LogP contribution is 2.32. The van der Waals surface area contributed by atoms with Gasteiger partial charge >= 0.3 is 0 Å². The molecule has 1 fully saturated rings. The zero-order valence-electron chi connectivity index (χ0n) is 16.6. The van der Waals surface area contributed by atoms with Crippen LogP contribution >= 0.6 is 11.6 Å². The minimum Gasteiger partial charge on any atom is -0.261 e. The van der Waals surface area contributed by atoms with E-state index in [0.29, 0.717) is 28.5 Å². The van der Waals surface area contributed by atoms with Crippen LogP contribution < -0.4 is 5.43 Å². The van der Waals surface area contributed by atoms with Gasteiger partial charge in [0.05, 0.1) is 17.6 Å². The number of hydrogen-bond donors (Lipinski definition) is 1. The molecule has 1 N–H and O–H groups in total. The average Bonchev–Trinajstić information content (AvgIpc) is 2.68. The maximum absolute atomic E-state index is 13.6. The van der Waals surface area contributed by atoms with Gasteiger partial charge in [-0.25, -0.2) is 14.4 Å². The van der Waals surface area contributed by atoms with Crippen molar-refractivity contribution in [1.82, 2.24) is 10.4 Å². The zero-order chi connectivity index (χ0) is 20.1. The molecule has 150 valence electrons. The van der Waals surface area contributed by atoms with Gasteiger partial charge in [-0.3, -0.25) is 10.4 Å². The van der Waals surface area contributed by atoms with Gasteiger partial charge in [0, 0.05) is 16.6 Å². The van der Waals surface area contributed by atoms with Gasteiger partial charge in [0.2, 0.25) is 5.96 Å². The highest BCUT2D eigenvalue weighted by molar-refractivity contribution is 6.30. The molecular formula is C22H28ClFN4. The Bertz CT molecular complexity index is 789. The third-order valence-corrected chi connectivity index (χ3v) is 5.55. The van der Waals surface area contributed by atoms with E-state index in [0.717, 1.165) is 30.7 Å². The van der Waals surface area contributed by atoms with Crippen molar-refractivity contribution < 1.29 is 4.39 Å². The van der Waals surface area contributed by atoms with Gasteiger partial charge in [-0.05, 0) is 37.0 Å². The van der Waals surface area contributed by atoms with Crippen molar-refractivity contribution in [2.75, 3.05) is 0 Å². The Hall–Kier alpha value is -2.14. The van der Waals surface area contributed by atoms with Crippen molar-refractivity contribution in [2.24, 2.45) is 21.8 Å². The molecule has 1 atom stereocenters. The Labute approximate surface area is 171 Å². The van der Waals surface area contributed by atoms with Crippen LogP contribution in [-0.2, 0) is 0 Å². The molecule has 0 bridgehead atoms. The Balaban J connectivity index is 1.89. The van der Waals surface area contributed by atoms with Crippen molar-refractivity contribution in [1.29, 1.82) is 0 Å². The molecular weight excluding hydrogens is 375 g/mol. The summed E-state index contributed by atoms with van der Waals surface area (Å²) < 4.78 is 13.6. The SMILES string of the molecule is C=C(C1CCCCC1)N1NC(=Nc2cc(F)cc(Cl)c2)N=C/C1=C/C(C)CC. The van der Waals surface area contributed by atoms with E-state index >= 15 is 0 Å². The number of hydrazine groups is 1. The van der Waals surface area contributed by atoms with Crippen LogP contribution in [0.2, 0.25) is 5.02 Å². The molecule has 1 aliphatic carbocycles. The number of halogens is 2. The third kappa shape index (κ3) is 5.22. The van der Waals surface area contributed by atoms with Crippen LogP contribution in [0.15, 0.2) is 52.2 Å². The van der Waals surface area contributed by atoms with Crippen LogP contribution in [0.5, 0.6) is 0 Å². The van der Waals surface area contributed by atoms with E-state index in [1.807, 2.05) is 5.01 Å². The summed E-state index contributed by atoms with van der Waals surface area (Å²) in [5, 5.41) is 2.30. The molecule has 1 unspecified atom stereocenters. The fraction of sp³-hybridized carbons (Fsp3) is 0.455. The van der Waals surface area contributed by atoms with Crippen LogP contribution in [-0.4, -0.2) is 17.2 Å². The standard InChI is InChI=1S/C22H28ClFN4/c1-4-15(2)10-21-14-25-22(26-20-12-18(23)11-19(24)13-20)27-28(21)16(3)17-8-6-5-7-9-17/h10-15,17H,3-9H2,1-2H3,(H,26,27)/b21-10-. The molecule has 6 heteroatoms. The molecule has 0 amide bonds. The number of rotatable bonds is 5. The van der Waals surface area contributed by atoms with Crippen LogP contribution in [0.25, 0.3) is 0 Å². The predicted octanol–water partition coefficient (Wildman–Crippen LogP) is 6.38. The average molecular weight is 403 g/mol. The molecule has 0 radical (unpaired) electrons. The van der Waals surface area contributed by atoms with Crippen LogP contribution in [0.4, 0.5) is 10.1 Å². The maximum atomic E-state index is 13.6. The van der Waals surface area contributed by atoms with E-state index in [1.165, 1.54) is 31.4 Å². The van der Waals surface area contributed by atoms with Gasteiger partial charge in [0.15, 0.2) is 0 Å². The highest BCUT2D eigenvalue weighted by Gasteiger charge is 2.25. The second-order valence-electron chi connectivity index (χ2n) is 7.57. The number of nitrogens with one attached hydrogen (secondary N) is 1. The van der Waals surface area contributed by atoms with Crippen molar-refractivity contribution in [3.8, 4) is 0 Å². The minimum absolute atomic E-state index is 0.306. The van der Waals surface area contributed by atoms with E-state index < -0.39 is 5.82 Å². The lowest BCUT2D eigenvalue weighted by atomic mass is 9.87. The molecule has 1 saturated carbocycles. The molecule has 0 spiro atoms. The van der Waals surface area contributed by atoms with Crippen molar-refractivity contribution >= 4 is 29.5 Å². The highest BCUT2D eigenvalue weighted by atomic mass is 35.5. The number of allylic oxidation sites excluding steroid dienone is 3. The molecule has 2 aliphatic rings. The molecule has 28 heavy (non-hydrogen) atoms. The zero-order valence-corrected chi connectivity index (χ0v) is 17.3. The lowest BCUT2D eigenvalue weighted by Crippen LogP contribution is -2.45. The monoisotopic (exact) mass is 402 g/mol. The third-order valence-electron chi connectivity index (χ3n) is 5.33. The first-order valence-electron chi connectivity index (χ1n) is 10.0. The minimum atomic E-state index is -0.424. The van der Waals surface area contributed by atoms with E-state index in [1.54, 1.807) is 12.3 Å². The summed E-state index contributed by atoms with van der Waals surface area (Å²) in [6.07, 6.45) is 11.1. The Morgan fingerprint density at radius 3 is 2.82 bits per heavy atom. The number of hydrogen-bond acceptors (Lipinski definition) is 2. The molecule has 0 saturated heterocycles. The Morgan fingerprint density at radius 2 is 2.14 bits per heavy atom. The molecule has 1 aliphatic heterocycles. The van der Waals surface area contributed by atoms with Crippen LogP contribution in [0.1, 0.15) is 52.4 Å². The summed E-state index contributed by atoms with van der Waals surface area (Å²) >= 11 is 5.94. The normalized spacial score (nSPS) is 21.8. The van der Waals surface area contributed by atoms with Crippen molar-refractivity contribution in [2.45, 2.75) is 52.4 Å². The lowest BCUT2D eigenvalue weighted by molar-refractivity contribution is 0.291. The molecule has 0 aromatic heterocycles. The topological polar surface area (TPSA) is 40.0 Å². The maximum Gasteiger partial charge on any atom is 0.242 e. The fourth-order valence-electron chi connectivity index (χ4n) is 3.54. The predicted molar refractivity (Wildman–Crippen MR) is 115 cm³/mol. The quantitative estimate of drug-likeness (QED) is 0.620. The van der Waals surface area contributed by atoms with Crippen LogP contribution in [0.3, 0.4) is 0 Å². The van der Waals surface area contributed by atoms with Gasteiger partial charge in [-0.15, -0.1) is 0 Å². The first kappa shape index (κ1) is 20.6. The Morgan fingerprint density at radius 1 is 1.39 bits per heavy atom. The van der Waals surface area contributed by atoms with E-state index in [4.69, 9.17) is 11.6 Å². The summed E-state index contributed by atoms with van der Waals surface area (Å²) in [6, 6.07) is 4.20. The van der Waals surface area contributed by atoms with E-state index in [9.17, 15) is 4.39 Å². The van der Waals surface area contributed by atoms with Gasteiger partial charge < -0.3 is 0 Å². The number of benzene rings is 1. The summed E-state index contributed by atoms with van der Waals surface area (Å²) in [4.78, 5) is 8.85. The smallest absolute Gasteiger partial charge is 0.242 e. The molecule has 1 aromatic rings. The summed E-state index contributed by atoms with van der Waals surface area (Å²) in [6.45, 7) is 8.72. The molecule has 1 heterocycles. The molecule has 1 aromatic carbocycles. The lowest BCUT2D eigenvalue weighted by Gasteiger charge is -2.36. The van der Waals surface area contributed by atoms with E-state index in [-0.39, 0.29) is 0 Å². The summed E-state index contributed by atoms with van der Waals surface area (Å²) in [5.41, 5.74) is 5.69. The molecule has 3 rings (SSSR count). The fourth-order valence-corrected chi connectivity index (χ4v) is 3.76. The second-order valence-corrected chi connectivity index (χ2v) is 8.01. The summed E-state index contributed by atoms with van der Waals surface area (Å²) in [7, 11) is 0. The number of guanidine groups is 1. The van der Waals surface area contributed by atoms with Gasteiger partial charge in [-0.1, -0.05) is 63.8 Å². The summed E-state index contributed by atoms with van der Waals surface area (Å²) in [5.74, 6) is 0.829. The second kappa shape index (κ2) is 9.37. The van der Waals surface area contributed by atoms with Gasteiger partial charge in [0.25, 0.3) is 0 Å². The van der Waals surface area contributed by atoms with Gasteiger partial charge in [-0.2, -0.15) is 0 Å². The van der Waals surface area contributed by atoms with Crippen molar-refractivity contribution in [3.05, 3.63) is 53.1 Å². The van der Waals surface area contributed by atoms with Gasteiger partial charge in [0.1, 0.15) is 5.82 Å². The van der Waals surface area contributed by atoms with Crippen LogP contribution in [0, 0.1) is 17.7 Å². The molecule has 4 nitrogen and oxygen atoms in total. The number of nitrogens with zero attached hydrogens (tertiary/aromatic N) is 3. The first-order chi connectivity index (χ1) is 13.5.